The molecule has 2 saturated heterocycles. The van der Waals surface area contributed by atoms with Crippen LogP contribution in [0.1, 0.15) is 33.3 Å². The molecule has 1 aromatic rings. The van der Waals surface area contributed by atoms with E-state index in [-0.39, 0.29) is 18.3 Å². The van der Waals surface area contributed by atoms with E-state index >= 15 is 0 Å². The smallest absolute Gasteiger partial charge is 0.399 e. The first kappa shape index (κ1) is 14.7. The van der Waals surface area contributed by atoms with E-state index < -0.39 is 0 Å². The largest absolute Gasteiger partial charge is 0.494 e. The third-order valence-electron chi connectivity index (χ3n) is 4.47. The van der Waals surface area contributed by atoms with Gasteiger partial charge in [0.25, 0.3) is 0 Å². The number of hydrogen-bond donors (Lipinski definition) is 0. The van der Waals surface area contributed by atoms with Gasteiger partial charge < -0.3 is 14.0 Å². The van der Waals surface area contributed by atoms with Crippen LogP contribution in [0.4, 0.5) is 0 Å². The van der Waals surface area contributed by atoms with Gasteiger partial charge in [-0.1, -0.05) is 24.0 Å². The van der Waals surface area contributed by atoms with E-state index in [1.807, 2.05) is 18.2 Å². The summed E-state index contributed by atoms with van der Waals surface area (Å²) >= 11 is 0. The second kappa shape index (κ2) is 5.17. The number of ether oxygens (including phenoxy) is 1. The monoisotopic (exact) mass is 284 g/mol. The normalized spacial score (nSPS) is 23.3. The van der Waals surface area contributed by atoms with Crippen LogP contribution in [-0.4, -0.2) is 31.5 Å². The second-order valence-corrected chi connectivity index (χ2v) is 6.72. The fourth-order valence-electron chi connectivity index (χ4n) is 2.25. The summed E-state index contributed by atoms with van der Waals surface area (Å²) in [6.45, 7) is 9.76. The lowest BCUT2D eigenvalue weighted by molar-refractivity contribution is -0.00300. The van der Waals surface area contributed by atoms with Crippen molar-refractivity contribution in [3.05, 3.63) is 29.8 Å². The molecular weight excluding hydrogens is 263 g/mol. The standard InChI is InChI=1S/C17H21BO3/c1-16(2)17(3,4)21-18(20-16)15-7-5-6-13(10-15)8-9-14-11-19-12-14/h5-7,10,14H,11-12H2,1-4H3. The van der Waals surface area contributed by atoms with Crippen LogP contribution >= 0.6 is 0 Å². The van der Waals surface area contributed by atoms with Gasteiger partial charge in [0.2, 0.25) is 0 Å². The average Bonchev–Trinajstić information content (AvgIpc) is 2.57. The summed E-state index contributed by atoms with van der Waals surface area (Å²) in [4.78, 5) is 0. The molecule has 0 unspecified atom stereocenters. The fraction of sp³-hybridized carbons (Fsp3) is 0.529. The van der Waals surface area contributed by atoms with Gasteiger partial charge in [0, 0.05) is 5.56 Å². The lowest BCUT2D eigenvalue weighted by Gasteiger charge is -2.32. The Kier molecular flexibility index (Phi) is 3.61. The molecule has 2 aliphatic heterocycles. The van der Waals surface area contributed by atoms with Crippen molar-refractivity contribution in [2.45, 2.75) is 38.9 Å². The van der Waals surface area contributed by atoms with Gasteiger partial charge in [-0.15, -0.1) is 0 Å². The Morgan fingerprint density at radius 1 is 1.10 bits per heavy atom. The minimum absolute atomic E-state index is 0.317. The third-order valence-corrected chi connectivity index (χ3v) is 4.47. The average molecular weight is 284 g/mol. The molecule has 0 radical (unpaired) electrons. The highest BCUT2D eigenvalue weighted by Gasteiger charge is 2.51. The molecule has 3 rings (SSSR count). The Morgan fingerprint density at radius 2 is 1.76 bits per heavy atom. The predicted molar refractivity (Wildman–Crippen MR) is 83.3 cm³/mol. The summed E-state index contributed by atoms with van der Waals surface area (Å²) in [6, 6.07) is 8.09. The second-order valence-electron chi connectivity index (χ2n) is 6.72. The van der Waals surface area contributed by atoms with Gasteiger partial charge in [-0.2, -0.15) is 0 Å². The molecular formula is C17H21BO3. The van der Waals surface area contributed by atoms with Crippen molar-refractivity contribution in [2.24, 2.45) is 5.92 Å². The van der Waals surface area contributed by atoms with Gasteiger partial charge in [-0.05, 0) is 45.3 Å². The molecule has 21 heavy (non-hydrogen) atoms. The van der Waals surface area contributed by atoms with Crippen LogP contribution in [0.25, 0.3) is 0 Å². The fourth-order valence-corrected chi connectivity index (χ4v) is 2.25. The van der Waals surface area contributed by atoms with Crippen molar-refractivity contribution in [2.75, 3.05) is 13.2 Å². The SMILES string of the molecule is CC1(C)OB(c2cccc(C#CC3COC3)c2)OC1(C)C. The first-order chi connectivity index (χ1) is 9.87. The van der Waals surface area contributed by atoms with E-state index in [1.54, 1.807) is 0 Å². The van der Waals surface area contributed by atoms with Crippen LogP contribution in [0.2, 0.25) is 0 Å². The number of rotatable bonds is 1. The molecule has 4 heteroatoms. The van der Waals surface area contributed by atoms with E-state index in [4.69, 9.17) is 14.0 Å². The first-order valence-corrected chi connectivity index (χ1v) is 7.42. The molecule has 0 aromatic heterocycles. The van der Waals surface area contributed by atoms with Gasteiger partial charge in [-0.3, -0.25) is 0 Å². The van der Waals surface area contributed by atoms with E-state index in [0.29, 0.717) is 5.92 Å². The van der Waals surface area contributed by atoms with Crippen LogP contribution < -0.4 is 5.46 Å². The highest BCUT2D eigenvalue weighted by molar-refractivity contribution is 6.62. The molecule has 110 valence electrons. The lowest BCUT2D eigenvalue weighted by atomic mass is 9.78. The van der Waals surface area contributed by atoms with Gasteiger partial charge in [0.1, 0.15) is 0 Å². The molecule has 2 heterocycles. The van der Waals surface area contributed by atoms with E-state index in [0.717, 1.165) is 24.2 Å². The Hall–Kier alpha value is -1.28. The topological polar surface area (TPSA) is 27.7 Å². The van der Waals surface area contributed by atoms with Crippen molar-refractivity contribution in [1.29, 1.82) is 0 Å². The summed E-state index contributed by atoms with van der Waals surface area (Å²) in [7, 11) is -0.330. The minimum atomic E-state index is -0.330. The summed E-state index contributed by atoms with van der Waals surface area (Å²) in [5.41, 5.74) is 1.38. The van der Waals surface area contributed by atoms with E-state index in [1.165, 1.54) is 0 Å². The van der Waals surface area contributed by atoms with Crippen LogP contribution in [0.15, 0.2) is 24.3 Å². The Morgan fingerprint density at radius 3 is 2.33 bits per heavy atom. The number of hydrogen-bond acceptors (Lipinski definition) is 3. The Labute approximate surface area is 127 Å². The zero-order valence-electron chi connectivity index (χ0n) is 13.1. The quantitative estimate of drug-likeness (QED) is 0.583. The van der Waals surface area contributed by atoms with Gasteiger partial charge >= 0.3 is 7.12 Å². The molecule has 0 spiro atoms. The molecule has 0 saturated carbocycles. The van der Waals surface area contributed by atoms with Gasteiger partial charge in [0.15, 0.2) is 0 Å². The molecule has 2 fully saturated rings. The Balaban J connectivity index is 1.78. The zero-order chi connectivity index (χ0) is 15.1. The molecule has 2 aliphatic rings. The zero-order valence-corrected chi connectivity index (χ0v) is 13.1. The van der Waals surface area contributed by atoms with Crippen molar-refractivity contribution in [3.8, 4) is 11.8 Å². The maximum atomic E-state index is 6.07. The molecule has 0 N–H and O–H groups in total. The Bertz CT molecular complexity index is 578. The van der Waals surface area contributed by atoms with Gasteiger partial charge in [0.05, 0.1) is 30.3 Å². The summed E-state index contributed by atoms with van der Waals surface area (Å²) < 4.78 is 17.3. The molecule has 1 aromatic carbocycles. The molecule has 0 atom stereocenters. The van der Waals surface area contributed by atoms with Crippen molar-refractivity contribution < 1.29 is 14.0 Å². The summed E-state index contributed by atoms with van der Waals surface area (Å²) in [6.07, 6.45) is 0. The van der Waals surface area contributed by atoms with Crippen LogP contribution in [0.5, 0.6) is 0 Å². The predicted octanol–water partition coefficient (Wildman–Crippen LogP) is 1.98. The third kappa shape index (κ3) is 2.87. The summed E-state index contributed by atoms with van der Waals surface area (Å²) in [5, 5.41) is 0. The molecule has 3 nitrogen and oxygen atoms in total. The number of benzene rings is 1. The van der Waals surface area contributed by atoms with Crippen LogP contribution in [-0.2, 0) is 14.0 Å². The molecule has 0 amide bonds. The molecule has 0 bridgehead atoms. The van der Waals surface area contributed by atoms with Crippen molar-refractivity contribution >= 4 is 12.6 Å². The highest BCUT2D eigenvalue weighted by atomic mass is 16.7. The first-order valence-electron chi connectivity index (χ1n) is 7.42. The van der Waals surface area contributed by atoms with Crippen LogP contribution in [0.3, 0.4) is 0 Å². The minimum Gasteiger partial charge on any atom is -0.399 e. The van der Waals surface area contributed by atoms with E-state index in [9.17, 15) is 0 Å². The van der Waals surface area contributed by atoms with Gasteiger partial charge in [-0.25, -0.2) is 0 Å². The van der Waals surface area contributed by atoms with E-state index in [2.05, 4.69) is 45.6 Å². The lowest BCUT2D eigenvalue weighted by Crippen LogP contribution is -2.41. The van der Waals surface area contributed by atoms with Crippen molar-refractivity contribution in [1.82, 2.24) is 0 Å². The molecule has 0 aliphatic carbocycles. The van der Waals surface area contributed by atoms with Crippen molar-refractivity contribution in [3.63, 3.8) is 0 Å². The summed E-state index contributed by atoms with van der Waals surface area (Å²) in [5.74, 6) is 6.82. The maximum absolute atomic E-state index is 6.07. The maximum Gasteiger partial charge on any atom is 0.494 e. The highest BCUT2D eigenvalue weighted by Crippen LogP contribution is 2.36. The van der Waals surface area contributed by atoms with Crippen LogP contribution in [0, 0.1) is 17.8 Å².